The second-order valence-electron chi connectivity index (χ2n) is 11.8. The van der Waals surface area contributed by atoms with Gasteiger partial charge in [0.25, 0.3) is 11.8 Å². The molecule has 0 aliphatic carbocycles. The highest BCUT2D eigenvalue weighted by Gasteiger charge is 2.39. The highest BCUT2D eigenvalue weighted by atomic mass is 32.2. The predicted octanol–water partition coefficient (Wildman–Crippen LogP) is 4.25. The normalized spacial score (nSPS) is 16.8. The van der Waals surface area contributed by atoms with Crippen molar-refractivity contribution in [2.45, 2.75) is 50.3 Å². The molecule has 0 radical (unpaired) electrons. The van der Waals surface area contributed by atoms with Crippen LogP contribution >= 0.6 is 11.3 Å². The number of amides is 3. The summed E-state index contributed by atoms with van der Waals surface area (Å²) >= 11 is 1.33. The Morgan fingerprint density at radius 3 is 2.69 bits per heavy atom. The third-order valence-corrected chi connectivity index (χ3v) is 10.2. The van der Waals surface area contributed by atoms with Crippen molar-refractivity contribution in [1.82, 2.24) is 19.9 Å². The number of carbonyl (C=O) groups is 3. The Hall–Kier alpha value is -4.37. The molecule has 1 aromatic heterocycles. The first-order valence-electron chi connectivity index (χ1n) is 15.4. The van der Waals surface area contributed by atoms with E-state index in [1.165, 1.54) is 39.7 Å². The van der Waals surface area contributed by atoms with Crippen molar-refractivity contribution in [3.05, 3.63) is 90.0 Å². The van der Waals surface area contributed by atoms with Gasteiger partial charge in [0.1, 0.15) is 0 Å². The van der Waals surface area contributed by atoms with E-state index in [0.717, 1.165) is 10.3 Å². The van der Waals surface area contributed by atoms with Crippen LogP contribution in [-0.2, 0) is 19.6 Å². The van der Waals surface area contributed by atoms with Crippen molar-refractivity contribution in [2.75, 3.05) is 31.6 Å². The molecule has 12 nitrogen and oxygen atoms in total. The molecule has 0 spiro atoms. The highest BCUT2D eigenvalue weighted by Crippen LogP contribution is 2.26. The number of sulfonamides is 1. The van der Waals surface area contributed by atoms with Gasteiger partial charge in [0.05, 0.1) is 39.3 Å². The number of cyclic esters (lactones) is 1. The molecule has 0 bridgehead atoms. The summed E-state index contributed by atoms with van der Waals surface area (Å²) in [4.78, 5) is 44.0. The Morgan fingerprint density at radius 2 is 1.98 bits per heavy atom. The van der Waals surface area contributed by atoms with Gasteiger partial charge in [-0.3, -0.25) is 14.5 Å². The molecule has 0 saturated carbocycles. The smallest absolute Gasteiger partial charge is 0.415 e. The predicted molar refractivity (Wildman–Crippen MR) is 186 cm³/mol. The number of hydrogen-bond acceptors (Lipinski definition) is 9. The number of nitrogens with one attached hydrogen (secondary N) is 2. The molecule has 1 aliphatic heterocycles. The highest BCUT2D eigenvalue weighted by molar-refractivity contribution is 7.89. The molecule has 3 N–H and O–H groups in total. The summed E-state index contributed by atoms with van der Waals surface area (Å²) in [5.41, 5.74) is 3.84. The Kier molecular flexibility index (Phi) is 12.3. The van der Waals surface area contributed by atoms with Crippen LogP contribution < -0.4 is 15.5 Å². The molecule has 2 aromatic carbocycles. The molecule has 256 valence electrons. The van der Waals surface area contributed by atoms with E-state index in [0.29, 0.717) is 16.8 Å². The van der Waals surface area contributed by atoms with Crippen LogP contribution in [0.15, 0.2) is 89.3 Å². The van der Waals surface area contributed by atoms with Gasteiger partial charge in [0.2, 0.25) is 10.0 Å². The summed E-state index contributed by atoms with van der Waals surface area (Å²) in [5, 5.41) is 16.9. The van der Waals surface area contributed by atoms with E-state index in [2.05, 4.69) is 22.2 Å². The number of benzene rings is 2. The summed E-state index contributed by atoms with van der Waals surface area (Å²) in [6, 6.07) is 10.2. The van der Waals surface area contributed by atoms with Gasteiger partial charge in [-0.1, -0.05) is 56.4 Å². The van der Waals surface area contributed by atoms with E-state index < -0.39 is 40.3 Å². The maximum absolute atomic E-state index is 13.9. The number of aromatic nitrogens is 1. The number of ether oxygens (including phenoxy) is 1. The van der Waals surface area contributed by atoms with Gasteiger partial charge in [-0.15, -0.1) is 11.3 Å². The lowest BCUT2D eigenvalue weighted by Gasteiger charge is -2.31. The first-order chi connectivity index (χ1) is 22.8. The maximum Gasteiger partial charge on any atom is 0.415 e. The fourth-order valence-electron chi connectivity index (χ4n) is 5.20. The number of rotatable bonds is 15. The summed E-state index contributed by atoms with van der Waals surface area (Å²) in [5.74, 6) is -1.05. The summed E-state index contributed by atoms with van der Waals surface area (Å²) in [7, 11) is -2.55. The molecule has 1 fully saturated rings. The Balaban J connectivity index is 1.57. The van der Waals surface area contributed by atoms with Crippen molar-refractivity contribution in [2.24, 2.45) is 5.92 Å². The molecule has 3 aromatic rings. The first-order valence-corrected chi connectivity index (χ1v) is 17.7. The number of carbonyl (C=O) groups excluding carboxylic acids is 3. The minimum Gasteiger partial charge on any atom is -0.434 e. The summed E-state index contributed by atoms with van der Waals surface area (Å²) < 4.78 is 35.2. The SMILES string of the molecule is C=C/C=C\C=C(/C)CC(NC(=O)C1CN(c2cccc(C(=O)NC)c2)C(=O)O1)[C@H](O)CN(CC(C)C)S(=O)(=O)c1ccc2ncsc2c1. The molecule has 2 heterocycles. The van der Waals surface area contributed by atoms with E-state index in [-0.39, 0.29) is 42.8 Å². The van der Waals surface area contributed by atoms with Gasteiger partial charge in [0, 0.05) is 31.4 Å². The molecule has 1 saturated heterocycles. The van der Waals surface area contributed by atoms with Gasteiger partial charge in [-0.05, 0) is 55.7 Å². The number of anilines is 1. The van der Waals surface area contributed by atoms with Crippen molar-refractivity contribution in [3.63, 3.8) is 0 Å². The van der Waals surface area contributed by atoms with Gasteiger partial charge < -0.3 is 20.5 Å². The minimum absolute atomic E-state index is 0.0661. The van der Waals surface area contributed by atoms with E-state index in [1.54, 1.807) is 60.1 Å². The average Bonchev–Trinajstić information content (AvgIpc) is 3.69. The molecule has 48 heavy (non-hydrogen) atoms. The van der Waals surface area contributed by atoms with Crippen molar-refractivity contribution < 1.29 is 32.6 Å². The van der Waals surface area contributed by atoms with Crippen LogP contribution in [0.4, 0.5) is 10.5 Å². The fraction of sp³-hybridized carbons (Fsp3) is 0.353. The Labute approximate surface area is 284 Å². The van der Waals surface area contributed by atoms with Gasteiger partial charge >= 0.3 is 6.09 Å². The number of aliphatic hydroxyl groups excluding tert-OH is 1. The lowest BCUT2D eigenvalue weighted by molar-refractivity contribution is -0.129. The van der Waals surface area contributed by atoms with Crippen LogP contribution in [0.3, 0.4) is 0 Å². The van der Waals surface area contributed by atoms with Crippen LogP contribution in [0.1, 0.15) is 37.6 Å². The standard InChI is InChI=1S/C34H41N5O7S2/c1-6-7-8-10-23(4)15-28(37-33(42)30-20-39(34(43)46-30)25-12-9-11-24(16-25)32(41)35-5)29(40)19-38(18-22(2)3)48(44,45)26-13-14-27-31(17-26)47-21-36-27/h6-14,16-17,21-22,28-30,40H,1,15,18-20H2,2-5H3,(H,35,41)(H,37,42)/b8-7-,23-10+/t28?,29-,30?/m1/s1. The molecule has 1 aliphatic rings. The monoisotopic (exact) mass is 695 g/mol. The first kappa shape index (κ1) is 36.5. The Bertz CT molecular complexity index is 1820. The molecule has 2 unspecified atom stereocenters. The number of aliphatic hydroxyl groups is 1. The van der Waals surface area contributed by atoms with E-state index >= 15 is 0 Å². The summed E-state index contributed by atoms with van der Waals surface area (Å²) in [6.07, 6.45) is 3.77. The maximum atomic E-state index is 13.9. The lowest BCUT2D eigenvalue weighted by Crippen LogP contribution is -2.52. The van der Waals surface area contributed by atoms with Gasteiger partial charge in [0.15, 0.2) is 6.10 Å². The quantitative estimate of drug-likeness (QED) is 0.199. The topological polar surface area (TPSA) is 158 Å². The molecular formula is C34H41N5O7S2. The Morgan fingerprint density at radius 1 is 1.21 bits per heavy atom. The van der Waals surface area contributed by atoms with Crippen molar-refractivity contribution in [1.29, 1.82) is 0 Å². The zero-order chi connectivity index (χ0) is 35.0. The van der Waals surface area contributed by atoms with Crippen molar-refractivity contribution >= 4 is 55.2 Å². The number of nitrogens with zero attached hydrogens (tertiary/aromatic N) is 3. The fourth-order valence-corrected chi connectivity index (χ4v) is 7.64. The van der Waals surface area contributed by atoms with Crippen LogP contribution in [0.2, 0.25) is 0 Å². The average molecular weight is 696 g/mol. The largest absolute Gasteiger partial charge is 0.434 e. The number of hydrogen-bond donors (Lipinski definition) is 3. The van der Waals surface area contributed by atoms with Gasteiger partial charge in [-0.25, -0.2) is 18.2 Å². The minimum atomic E-state index is -4.04. The zero-order valence-electron chi connectivity index (χ0n) is 27.3. The van der Waals surface area contributed by atoms with Gasteiger partial charge in [-0.2, -0.15) is 4.31 Å². The van der Waals surface area contributed by atoms with E-state index in [9.17, 15) is 27.9 Å². The molecule has 3 atom stereocenters. The number of thiazole rings is 1. The zero-order valence-corrected chi connectivity index (χ0v) is 29.0. The van der Waals surface area contributed by atoms with Crippen LogP contribution in [-0.4, -0.2) is 85.7 Å². The second-order valence-corrected chi connectivity index (χ2v) is 14.7. The third-order valence-electron chi connectivity index (χ3n) is 7.61. The molecule has 4 rings (SSSR count). The van der Waals surface area contributed by atoms with E-state index in [1.807, 2.05) is 20.8 Å². The van der Waals surface area contributed by atoms with Crippen LogP contribution in [0.5, 0.6) is 0 Å². The van der Waals surface area contributed by atoms with Crippen LogP contribution in [0, 0.1) is 5.92 Å². The lowest BCUT2D eigenvalue weighted by atomic mass is 10.0. The number of allylic oxidation sites excluding steroid dienone is 4. The number of fused-ring (bicyclic) bond motifs is 1. The second kappa shape index (κ2) is 16.2. The van der Waals surface area contributed by atoms with Crippen molar-refractivity contribution in [3.8, 4) is 0 Å². The van der Waals surface area contributed by atoms with E-state index in [4.69, 9.17) is 4.74 Å². The summed E-state index contributed by atoms with van der Waals surface area (Å²) in [6.45, 7) is 8.93. The molecule has 14 heteroatoms. The molecule has 3 amide bonds. The molecular weight excluding hydrogens is 655 g/mol. The van der Waals surface area contributed by atoms with Crippen LogP contribution in [0.25, 0.3) is 10.2 Å². The third kappa shape index (κ3) is 8.95.